The van der Waals surface area contributed by atoms with Crippen LogP contribution in [0.15, 0.2) is 36.4 Å². The number of rotatable bonds is 3. The second-order valence-electron chi connectivity index (χ2n) is 4.33. The Bertz CT molecular complexity index is 436. The third-order valence-corrected chi connectivity index (χ3v) is 3.30. The van der Waals surface area contributed by atoms with Crippen molar-refractivity contribution >= 4 is 23.2 Å². The normalized spacial score (nSPS) is 19.3. The van der Waals surface area contributed by atoms with Gasteiger partial charge in [0.2, 0.25) is 0 Å². The molecule has 1 aliphatic heterocycles. The van der Waals surface area contributed by atoms with Gasteiger partial charge in [-0.1, -0.05) is 17.7 Å². The van der Waals surface area contributed by atoms with Crippen LogP contribution in [0.4, 0.5) is 5.69 Å². The molecule has 1 aliphatic rings. The van der Waals surface area contributed by atoms with Gasteiger partial charge in [-0.05, 0) is 50.2 Å². The molecule has 1 saturated heterocycles. The van der Waals surface area contributed by atoms with Gasteiger partial charge in [0.05, 0.1) is 6.04 Å². The van der Waals surface area contributed by atoms with Gasteiger partial charge in [0.25, 0.3) is 5.91 Å². The number of nitrogens with zero attached hydrogens (tertiary/aromatic N) is 1. The molecule has 1 amide bonds. The predicted molar refractivity (Wildman–Crippen MR) is 75.0 cm³/mol. The second kappa shape index (κ2) is 6.03. The van der Waals surface area contributed by atoms with Crippen molar-refractivity contribution in [3.05, 3.63) is 41.4 Å². The van der Waals surface area contributed by atoms with Gasteiger partial charge in [0.15, 0.2) is 0 Å². The highest BCUT2D eigenvalue weighted by Crippen LogP contribution is 2.23. The van der Waals surface area contributed by atoms with E-state index in [-0.39, 0.29) is 11.9 Å². The average molecular weight is 265 g/mol. The molecule has 0 spiro atoms. The van der Waals surface area contributed by atoms with Crippen LogP contribution in [-0.4, -0.2) is 25.0 Å². The van der Waals surface area contributed by atoms with Gasteiger partial charge in [-0.2, -0.15) is 0 Å². The summed E-state index contributed by atoms with van der Waals surface area (Å²) in [5, 5.41) is 3.97. The molecular formula is C14H17ClN2O. The summed E-state index contributed by atoms with van der Waals surface area (Å²) in [4.78, 5) is 14.0. The lowest BCUT2D eigenvalue weighted by Crippen LogP contribution is -2.40. The number of benzene rings is 1. The second-order valence-corrected chi connectivity index (χ2v) is 4.77. The Balaban J connectivity index is 2.28. The molecule has 0 bridgehead atoms. The maximum Gasteiger partial charge on any atom is 0.250 e. The standard InChI is InChI=1S/C14H17ClN2O/c1-2-3-14(18)17(13-8-9-16-10-13)12-6-4-11(15)5-7-12/h2-7,13,16H,8-10H2,1H3. The van der Waals surface area contributed by atoms with E-state index in [1.807, 2.05) is 36.1 Å². The fourth-order valence-corrected chi connectivity index (χ4v) is 2.33. The summed E-state index contributed by atoms with van der Waals surface area (Å²) in [5.41, 5.74) is 0.899. The van der Waals surface area contributed by atoms with Crippen LogP contribution >= 0.6 is 11.6 Å². The topological polar surface area (TPSA) is 32.3 Å². The number of carbonyl (C=O) groups excluding carboxylic acids is 1. The molecule has 2 rings (SSSR count). The molecule has 1 fully saturated rings. The first-order valence-corrected chi connectivity index (χ1v) is 6.52. The highest BCUT2D eigenvalue weighted by atomic mass is 35.5. The zero-order valence-electron chi connectivity index (χ0n) is 10.4. The maximum absolute atomic E-state index is 12.2. The highest BCUT2D eigenvalue weighted by molar-refractivity contribution is 6.30. The summed E-state index contributed by atoms with van der Waals surface area (Å²) < 4.78 is 0. The lowest BCUT2D eigenvalue weighted by molar-refractivity contribution is -0.114. The van der Waals surface area contributed by atoms with E-state index < -0.39 is 0 Å². The predicted octanol–water partition coefficient (Wildman–Crippen LogP) is 2.61. The molecular weight excluding hydrogens is 248 g/mol. The van der Waals surface area contributed by atoms with Crippen molar-refractivity contribution in [1.29, 1.82) is 0 Å². The molecule has 0 aromatic heterocycles. The van der Waals surface area contributed by atoms with E-state index in [4.69, 9.17) is 11.6 Å². The van der Waals surface area contributed by atoms with E-state index in [1.165, 1.54) is 0 Å². The van der Waals surface area contributed by atoms with E-state index in [1.54, 1.807) is 12.2 Å². The Morgan fingerprint density at radius 2 is 2.17 bits per heavy atom. The number of allylic oxidation sites excluding steroid dienone is 1. The van der Waals surface area contributed by atoms with E-state index in [9.17, 15) is 4.79 Å². The van der Waals surface area contributed by atoms with Crippen molar-refractivity contribution in [3.8, 4) is 0 Å². The van der Waals surface area contributed by atoms with Gasteiger partial charge < -0.3 is 10.2 Å². The van der Waals surface area contributed by atoms with Crippen LogP contribution in [0.3, 0.4) is 0 Å². The molecule has 0 radical (unpaired) electrons. The first-order chi connectivity index (χ1) is 8.72. The molecule has 1 heterocycles. The maximum atomic E-state index is 12.2. The Morgan fingerprint density at radius 1 is 1.44 bits per heavy atom. The zero-order valence-corrected chi connectivity index (χ0v) is 11.2. The van der Waals surface area contributed by atoms with Gasteiger partial charge in [-0.25, -0.2) is 0 Å². The van der Waals surface area contributed by atoms with Crippen LogP contribution in [0.2, 0.25) is 5.02 Å². The largest absolute Gasteiger partial charge is 0.315 e. The Kier molecular flexibility index (Phi) is 4.39. The molecule has 1 aromatic rings. The first-order valence-electron chi connectivity index (χ1n) is 6.14. The van der Waals surface area contributed by atoms with Gasteiger partial charge in [-0.15, -0.1) is 0 Å². The van der Waals surface area contributed by atoms with Gasteiger partial charge in [-0.3, -0.25) is 4.79 Å². The van der Waals surface area contributed by atoms with Crippen molar-refractivity contribution in [1.82, 2.24) is 5.32 Å². The van der Waals surface area contributed by atoms with E-state index in [2.05, 4.69) is 5.32 Å². The minimum atomic E-state index is 0.0218. The van der Waals surface area contributed by atoms with Crippen LogP contribution in [0, 0.1) is 0 Å². The molecule has 96 valence electrons. The fourth-order valence-electron chi connectivity index (χ4n) is 2.20. The van der Waals surface area contributed by atoms with Crippen LogP contribution in [0.1, 0.15) is 13.3 Å². The number of amides is 1. The van der Waals surface area contributed by atoms with Crippen LogP contribution in [-0.2, 0) is 4.79 Å². The number of carbonyl (C=O) groups is 1. The summed E-state index contributed by atoms with van der Waals surface area (Å²) in [7, 11) is 0. The molecule has 18 heavy (non-hydrogen) atoms. The smallest absolute Gasteiger partial charge is 0.250 e. The fraction of sp³-hybridized carbons (Fsp3) is 0.357. The highest BCUT2D eigenvalue weighted by Gasteiger charge is 2.26. The van der Waals surface area contributed by atoms with Crippen LogP contribution in [0.25, 0.3) is 0 Å². The molecule has 1 unspecified atom stereocenters. The summed E-state index contributed by atoms with van der Waals surface area (Å²) in [5.74, 6) is 0.0218. The summed E-state index contributed by atoms with van der Waals surface area (Å²) in [6.07, 6.45) is 4.35. The quantitative estimate of drug-likeness (QED) is 0.852. The summed E-state index contributed by atoms with van der Waals surface area (Å²) in [6, 6.07) is 7.63. The molecule has 0 aliphatic carbocycles. The molecule has 1 atom stereocenters. The Hall–Kier alpha value is -1.32. The van der Waals surface area contributed by atoms with Crippen molar-refractivity contribution in [2.24, 2.45) is 0 Å². The number of halogens is 1. The number of hydrogen-bond donors (Lipinski definition) is 1. The van der Waals surface area contributed by atoms with E-state index in [0.29, 0.717) is 5.02 Å². The van der Waals surface area contributed by atoms with Gasteiger partial charge in [0, 0.05) is 17.3 Å². The van der Waals surface area contributed by atoms with Crippen molar-refractivity contribution in [2.75, 3.05) is 18.0 Å². The lowest BCUT2D eigenvalue weighted by atomic mass is 10.1. The van der Waals surface area contributed by atoms with E-state index in [0.717, 1.165) is 25.2 Å². The number of hydrogen-bond acceptors (Lipinski definition) is 2. The summed E-state index contributed by atoms with van der Waals surface area (Å²) in [6.45, 7) is 3.65. The third-order valence-electron chi connectivity index (χ3n) is 3.05. The van der Waals surface area contributed by atoms with Crippen molar-refractivity contribution in [3.63, 3.8) is 0 Å². The van der Waals surface area contributed by atoms with Crippen LogP contribution < -0.4 is 10.2 Å². The Morgan fingerprint density at radius 3 is 2.72 bits per heavy atom. The molecule has 1 aromatic carbocycles. The summed E-state index contributed by atoms with van der Waals surface area (Å²) >= 11 is 5.89. The van der Waals surface area contributed by atoms with Crippen LogP contribution in [0.5, 0.6) is 0 Å². The minimum Gasteiger partial charge on any atom is -0.315 e. The van der Waals surface area contributed by atoms with Gasteiger partial charge in [0.1, 0.15) is 0 Å². The monoisotopic (exact) mass is 264 g/mol. The number of nitrogens with one attached hydrogen (secondary N) is 1. The molecule has 0 saturated carbocycles. The lowest BCUT2D eigenvalue weighted by Gasteiger charge is -2.27. The third kappa shape index (κ3) is 2.92. The molecule has 1 N–H and O–H groups in total. The SMILES string of the molecule is CC=CC(=O)N(c1ccc(Cl)cc1)C1CCNC1. The molecule has 4 heteroatoms. The number of anilines is 1. The van der Waals surface area contributed by atoms with Gasteiger partial charge >= 0.3 is 0 Å². The first kappa shape index (κ1) is 13.1. The minimum absolute atomic E-state index is 0.0218. The Labute approximate surface area is 112 Å². The van der Waals surface area contributed by atoms with Crippen molar-refractivity contribution in [2.45, 2.75) is 19.4 Å². The van der Waals surface area contributed by atoms with Crippen molar-refractivity contribution < 1.29 is 4.79 Å². The zero-order chi connectivity index (χ0) is 13.0. The van der Waals surface area contributed by atoms with E-state index >= 15 is 0 Å². The average Bonchev–Trinajstić information content (AvgIpc) is 2.86. The molecule has 3 nitrogen and oxygen atoms in total.